The van der Waals surface area contributed by atoms with Crippen molar-refractivity contribution in [2.45, 2.75) is 35.6 Å². The van der Waals surface area contributed by atoms with Crippen molar-refractivity contribution in [1.29, 1.82) is 4.78 Å². The fourth-order valence-corrected chi connectivity index (χ4v) is 5.83. The molecule has 214 valence electrons. The van der Waals surface area contributed by atoms with Gasteiger partial charge in [-0.1, -0.05) is 12.1 Å². The van der Waals surface area contributed by atoms with Crippen LogP contribution in [0.1, 0.15) is 5.56 Å². The monoisotopic (exact) mass is 589 g/mol. The number of nitrogens with zero attached hydrogens (tertiary/aromatic N) is 1. The summed E-state index contributed by atoms with van der Waals surface area (Å²) in [5.74, 6) is -0.141. The minimum Gasteiger partial charge on any atom is -0.453 e. The molecule has 0 amide bonds. The van der Waals surface area contributed by atoms with Gasteiger partial charge in [0.1, 0.15) is 15.7 Å². The van der Waals surface area contributed by atoms with Crippen LogP contribution in [0.15, 0.2) is 71.6 Å². The Morgan fingerprint density at radius 1 is 0.950 bits per heavy atom. The van der Waals surface area contributed by atoms with Gasteiger partial charge < -0.3 is 24.2 Å². The normalized spacial score (nSPS) is 22.5. The van der Waals surface area contributed by atoms with Crippen LogP contribution < -0.4 is 19.1 Å². The van der Waals surface area contributed by atoms with Gasteiger partial charge in [-0.3, -0.25) is 0 Å². The van der Waals surface area contributed by atoms with Crippen molar-refractivity contribution in [3.05, 3.63) is 72.3 Å². The summed E-state index contributed by atoms with van der Waals surface area (Å²) in [6, 6.07) is 11.2. The predicted octanol–water partition coefficient (Wildman–Crippen LogP) is 5.59. The molecule has 2 aliphatic rings. The summed E-state index contributed by atoms with van der Waals surface area (Å²) < 4.78 is 117. The van der Waals surface area contributed by atoms with Gasteiger partial charge in [0.15, 0.2) is 11.5 Å². The van der Waals surface area contributed by atoms with E-state index in [0.29, 0.717) is 11.4 Å². The Morgan fingerprint density at radius 2 is 1.62 bits per heavy atom. The van der Waals surface area contributed by atoms with Crippen LogP contribution in [-0.4, -0.2) is 47.1 Å². The molecule has 15 heteroatoms. The quantitative estimate of drug-likeness (QED) is 0.336. The lowest BCUT2D eigenvalue weighted by molar-refractivity contribution is -0.274. The van der Waals surface area contributed by atoms with Gasteiger partial charge >= 0.3 is 12.5 Å². The van der Waals surface area contributed by atoms with E-state index in [4.69, 9.17) is 14.3 Å². The summed E-state index contributed by atoms with van der Waals surface area (Å²) in [5, 5.41) is 11.3. The molecular formula is C25H21F6N3O5S. The summed E-state index contributed by atoms with van der Waals surface area (Å²) in [6.07, 6.45) is -11.0. The first-order valence-electron chi connectivity index (χ1n) is 11.7. The van der Waals surface area contributed by atoms with Crippen molar-refractivity contribution in [2.24, 2.45) is 0 Å². The summed E-state index contributed by atoms with van der Waals surface area (Å²) >= 11 is 0. The van der Waals surface area contributed by atoms with E-state index >= 15 is 0 Å². The van der Waals surface area contributed by atoms with E-state index in [2.05, 4.69) is 9.46 Å². The number of ether oxygens (including phenoxy) is 3. The van der Waals surface area contributed by atoms with Gasteiger partial charge in [-0.05, 0) is 54.6 Å². The molecule has 3 aromatic carbocycles. The van der Waals surface area contributed by atoms with Crippen molar-refractivity contribution < 1.29 is 49.9 Å². The second kappa shape index (κ2) is 10.1. The van der Waals surface area contributed by atoms with Gasteiger partial charge in [-0.25, -0.2) is 13.7 Å². The Bertz CT molecular complexity index is 1500. The van der Waals surface area contributed by atoms with Gasteiger partial charge in [0.05, 0.1) is 53.2 Å². The average Bonchev–Trinajstić information content (AvgIpc) is 2.87. The van der Waals surface area contributed by atoms with Crippen molar-refractivity contribution in [3.8, 4) is 17.2 Å². The standard InChI is InChI=1S/C25H21F6N3O5S/c26-24(27,28)14-5-10-22-19(11-14)34(18-3-1-2-4-21(18)38-22)20-13-37-12-17(23(20)35)33-40(32,36)16-8-6-15(7-9-16)39-25(29,30)31/h1-11,17,20,23,35H,12-13H2,(H2,32,33,36). The van der Waals surface area contributed by atoms with E-state index in [1.54, 1.807) is 24.3 Å². The van der Waals surface area contributed by atoms with Gasteiger partial charge in [0.25, 0.3) is 0 Å². The second-order valence-corrected chi connectivity index (χ2v) is 10.8. The van der Waals surface area contributed by atoms with Gasteiger partial charge in [-0.2, -0.15) is 13.2 Å². The molecule has 0 radical (unpaired) electrons. The molecule has 0 spiro atoms. The third kappa shape index (κ3) is 5.68. The lowest BCUT2D eigenvalue weighted by Crippen LogP contribution is -2.60. The molecule has 2 heterocycles. The highest BCUT2D eigenvalue weighted by Gasteiger charge is 2.42. The largest absolute Gasteiger partial charge is 0.573 e. The number of halogens is 6. The molecule has 1 saturated heterocycles. The van der Waals surface area contributed by atoms with Crippen molar-refractivity contribution in [1.82, 2.24) is 4.72 Å². The lowest BCUT2D eigenvalue weighted by atomic mass is 9.98. The third-order valence-corrected chi connectivity index (χ3v) is 7.89. The first-order valence-corrected chi connectivity index (χ1v) is 13.2. The van der Waals surface area contributed by atoms with Crippen LogP contribution in [0.2, 0.25) is 0 Å². The maximum Gasteiger partial charge on any atom is 0.573 e. The maximum atomic E-state index is 13.6. The van der Waals surface area contributed by atoms with Crippen LogP contribution >= 0.6 is 0 Å². The van der Waals surface area contributed by atoms with E-state index in [9.17, 15) is 35.7 Å². The lowest BCUT2D eigenvalue weighted by Gasteiger charge is -2.44. The molecule has 3 aromatic rings. The highest BCUT2D eigenvalue weighted by molar-refractivity contribution is 7.90. The summed E-state index contributed by atoms with van der Waals surface area (Å²) in [6.45, 7) is -0.337. The van der Waals surface area contributed by atoms with Crippen molar-refractivity contribution >= 4 is 21.3 Å². The van der Waals surface area contributed by atoms with Gasteiger partial charge in [0, 0.05) is 0 Å². The molecule has 4 unspecified atom stereocenters. The third-order valence-electron chi connectivity index (χ3n) is 6.32. The zero-order valence-corrected chi connectivity index (χ0v) is 21.0. The van der Waals surface area contributed by atoms with E-state index in [-0.39, 0.29) is 29.5 Å². The number of para-hydroxylation sites is 2. The van der Waals surface area contributed by atoms with E-state index in [1.165, 1.54) is 11.0 Å². The number of aliphatic hydroxyl groups is 1. The molecule has 0 aliphatic carbocycles. The van der Waals surface area contributed by atoms with Crippen LogP contribution in [0.25, 0.3) is 0 Å². The molecule has 0 bridgehead atoms. The minimum atomic E-state index is -4.93. The predicted molar refractivity (Wildman–Crippen MR) is 130 cm³/mol. The molecule has 3 N–H and O–H groups in total. The number of rotatable bonds is 5. The molecule has 1 fully saturated rings. The Morgan fingerprint density at radius 3 is 2.30 bits per heavy atom. The molecule has 40 heavy (non-hydrogen) atoms. The second-order valence-electron chi connectivity index (χ2n) is 9.02. The van der Waals surface area contributed by atoms with E-state index in [1.807, 2.05) is 0 Å². The van der Waals surface area contributed by atoms with Crippen molar-refractivity contribution in [2.75, 3.05) is 18.1 Å². The highest BCUT2D eigenvalue weighted by Crippen LogP contribution is 2.50. The molecule has 5 rings (SSSR count). The van der Waals surface area contributed by atoms with E-state index < -0.39 is 52.0 Å². The Labute approximate surface area is 224 Å². The fraction of sp³-hybridized carbons (Fsp3) is 0.280. The number of fused-ring (bicyclic) bond motifs is 2. The van der Waals surface area contributed by atoms with Crippen molar-refractivity contribution in [3.63, 3.8) is 0 Å². The molecule has 2 aliphatic heterocycles. The number of alkyl halides is 6. The van der Waals surface area contributed by atoms with Crippen LogP contribution in [0, 0.1) is 4.78 Å². The SMILES string of the molecule is N=S(=O)(NC1COCC(N2c3ccccc3Oc3ccc(C(F)(F)F)cc32)C1O)c1ccc(OC(F)(F)F)cc1. The van der Waals surface area contributed by atoms with Gasteiger partial charge in [-0.15, -0.1) is 13.2 Å². The number of aliphatic hydroxyl groups excluding tert-OH is 1. The molecule has 0 saturated carbocycles. The zero-order chi connectivity index (χ0) is 28.9. The highest BCUT2D eigenvalue weighted by atomic mass is 32.2. The number of nitrogens with one attached hydrogen (secondary N) is 2. The number of anilines is 2. The summed E-state index contributed by atoms with van der Waals surface area (Å²) in [5.41, 5.74) is -0.560. The first-order chi connectivity index (χ1) is 18.7. The fourth-order valence-electron chi connectivity index (χ4n) is 4.54. The molecular weight excluding hydrogens is 568 g/mol. The Kier molecular flexibility index (Phi) is 7.10. The number of benzene rings is 3. The summed E-state index contributed by atoms with van der Waals surface area (Å²) in [7, 11) is -3.87. The summed E-state index contributed by atoms with van der Waals surface area (Å²) in [4.78, 5) is 1.27. The zero-order valence-electron chi connectivity index (χ0n) is 20.2. The average molecular weight is 590 g/mol. The Balaban J connectivity index is 1.44. The smallest absolute Gasteiger partial charge is 0.453 e. The maximum absolute atomic E-state index is 13.6. The minimum absolute atomic E-state index is 0.0219. The first kappa shape index (κ1) is 28.0. The van der Waals surface area contributed by atoms with Crippen LogP contribution in [0.4, 0.5) is 37.7 Å². The molecule has 8 nitrogen and oxygen atoms in total. The number of hydrogen-bond acceptors (Lipinski definition) is 7. The Hall–Kier alpha value is -3.53. The topological polar surface area (TPSA) is 104 Å². The van der Waals surface area contributed by atoms with E-state index in [0.717, 1.165) is 36.4 Å². The van der Waals surface area contributed by atoms with Crippen LogP contribution in [0.3, 0.4) is 0 Å². The van der Waals surface area contributed by atoms with Crippen LogP contribution in [-0.2, 0) is 20.8 Å². The van der Waals surface area contributed by atoms with Crippen LogP contribution in [0.5, 0.6) is 17.2 Å². The molecule has 0 aromatic heterocycles. The number of hydrogen-bond donors (Lipinski definition) is 3. The van der Waals surface area contributed by atoms with Gasteiger partial charge in [0.2, 0.25) is 0 Å². The molecule has 4 atom stereocenters.